The third-order valence-corrected chi connectivity index (χ3v) is 4.49. The minimum Gasteiger partial charge on any atom is -0.480 e. The van der Waals surface area contributed by atoms with E-state index in [9.17, 15) is 24.3 Å². The van der Waals surface area contributed by atoms with E-state index < -0.39 is 47.9 Å². The Bertz CT molecular complexity index is 653. The number of aliphatic carboxylic acids is 1. The molecular weight excluding hydrogens is 426 g/mol. The SMILES string of the molecule is CC(C)CC(NC(=O)C(CCCN=C(N)N)NC(=O)C(CS)NC(=O)C(C)N)C(=O)O. The molecule has 178 valence electrons. The van der Waals surface area contributed by atoms with Crippen molar-refractivity contribution >= 4 is 42.3 Å². The van der Waals surface area contributed by atoms with Gasteiger partial charge in [-0.25, -0.2) is 4.79 Å². The Balaban J connectivity index is 5.35. The molecular formula is C18H35N7O5S. The van der Waals surface area contributed by atoms with Gasteiger partial charge in [0.15, 0.2) is 5.96 Å². The number of nitrogens with one attached hydrogen (secondary N) is 3. The maximum Gasteiger partial charge on any atom is 0.326 e. The van der Waals surface area contributed by atoms with Gasteiger partial charge in [0, 0.05) is 12.3 Å². The summed E-state index contributed by atoms with van der Waals surface area (Å²) in [6, 6.07) is -4.03. The summed E-state index contributed by atoms with van der Waals surface area (Å²) in [6.45, 7) is 5.33. The van der Waals surface area contributed by atoms with Gasteiger partial charge in [0.2, 0.25) is 17.7 Å². The third-order valence-electron chi connectivity index (χ3n) is 4.13. The van der Waals surface area contributed by atoms with Crippen LogP contribution in [-0.2, 0) is 19.2 Å². The Hall–Kier alpha value is -2.54. The molecule has 31 heavy (non-hydrogen) atoms. The number of rotatable bonds is 14. The lowest BCUT2D eigenvalue weighted by Crippen LogP contribution is -2.57. The summed E-state index contributed by atoms with van der Waals surface area (Å²) >= 11 is 4.06. The van der Waals surface area contributed by atoms with E-state index in [1.165, 1.54) is 6.92 Å². The lowest BCUT2D eigenvalue weighted by Gasteiger charge is -2.24. The van der Waals surface area contributed by atoms with Gasteiger partial charge in [-0.05, 0) is 32.1 Å². The number of hydrogen-bond acceptors (Lipinski definition) is 7. The third kappa shape index (κ3) is 12.0. The largest absolute Gasteiger partial charge is 0.480 e. The summed E-state index contributed by atoms with van der Waals surface area (Å²) < 4.78 is 0. The maximum absolute atomic E-state index is 12.7. The van der Waals surface area contributed by atoms with Crippen LogP contribution in [0.5, 0.6) is 0 Å². The van der Waals surface area contributed by atoms with Crippen LogP contribution in [0, 0.1) is 5.92 Å². The van der Waals surface area contributed by atoms with Gasteiger partial charge in [0.05, 0.1) is 6.04 Å². The molecule has 4 atom stereocenters. The van der Waals surface area contributed by atoms with E-state index >= 15 is 0 Å². The molecule has 0 saturated carbocycles. The number of carboxylic acid groups (broad SMARTS) is 1. The number of aliphatic imine (C=N–C) groups is 1. The smallest absolute Gasteiger partial charge is 0.326 e. The highest BCUT2D eigenvalue weighted by atomic mass is 32.1. The summed E-state index contributed by atoms with van der Waals surface area (Å²) in [6.07, 6.45) is 0.707. The first-order valence-electron chi connectivity index (χ1n) is 9.94. The van der Waals surface area contributed by atoms with Crippen molar-refractivity contribution in [2.24, 2.45) is 28.1 Å². The van der Waals surface area contributed by atoms with Crippen LogP contribution in [0.2, 0.25) is 0 Å². The lowest BCUT2D eigenvalue weighted by atomic mass is 10.0. The van der Waals surface area contributed by atoms with Gasteiger partial charge < -0.3 is 38.3 Å². The van der Waals surface area contributed by atoms with Crippen molar-refractivity contribution in [2.45, 2.75) is 64.2 Å². The molecule has 0 aliphatic carbocycles. The molecule has 0 aliphatic heterocycles. The van der Waals surface area contributed by atoms with Gasteiger partial charge in [-0.15, -0.1) is 0 Å². The molecule has 10 N–H and O–H groups in total. The number of thiol groups is 1. The number of hydrogen-bond donors (Lipinski definition) is 8. The van der Waals surface area contributed by atoms with Crippen LogP contribution < -0.4 is 33.2 Å². The monoisotopic (exact) mass is 461 g/mol. The zero-order chi connectivity index (χ0) is 24.1. The van der Waals surface area contributed by atoms with Crippen LogP contribution in [0.4, 0.5) is 0 Å². The van der Waals surface area contributed by atoms with Crippen molar-refractivity contribution < 1.29 is 24.3 Å². The minimum atomic E-state index is -1.18. The summed E-state index contributed by atoms with van der Waals surface area (Å²) in [4.78, 5) is 52.4. The fourth-order valence-electron chi connectivity index (χ4n) is 2.51. The topological polar surface area (TPSA) is 215 Å². The summed E-state index contributed by atoms with van der Waals surface area (Å²) in [5.74, 6) is -3.15. The Morgan fingerprint density at radius 1 is 0.935 bits per heavy atom. The number of amides is 3. The second-order valence-corrected chi connectivity index (χ2v) is 7.94. The fraction of sp³-hybridized carbons (Fsp3) is 0.722. The van der Waals surface area contributed by atoms with E-state index in [1.54, 1.807) is 0 Å². The highest BCUT2D eigenvalue weighted by molar-refractivity contribution is 7.80. The van der Waals surface area contributed by atoms with Crippen LogP contribution in [0.3, 0.4) is 0 Å². The van der Waals surface area contributed by atoms with Gasteiger partial charge in [0.25, 0.3) is 0 Å². The van der Waals surface area contributed by atoms with Crippen molar-refractivity contribution in [3.8, 4) is 0 Å². The first-order valence-corrected chi connectivity index (χ1v) is 10.6. The predicted octanol–water partition coefficient (Wildman–Crippen LogP) is -2.10. The molecule has 0 radical (unpaired) electrons. The van der Waals surface area contributed by atoms with Crippen molar-refractivity contribution in [3.63, 3.8) is 0 Å². The summed E-state index contributed by atoms with van der Waals surface area (Å²) in [5.41, 5.74) is 16.1. The molecule has 13 heteroatoms. The van der Waals surface area contributed by atoms with Gasteiger partial charge in [-0.2, -0.15) is 12.6 Å². The van der Waals surface area contributed by atoms with E-state index in [4.69, 9.17) is 17.2 Å². The number of carboxylic acids is 1. The summed E-state index contributed by atoms with van der Waals surface area (Å²) in [7, 11) is 0. The lowest BCUT2D eigenvalue weighted by molar-refractivity contribution is -0.142. The normalized spacial score (nSPS) is 14.6. The zero-order valence-electron chi connectivity index (χ0n) is 18.1. The molecule has 0 aromatic heterocycles. The first kappa shape index (κ1) is 28.5. The fourth-order valence-corrected chi connectivity index (χ4v) is 2.76. The van der Waals surface area contributed by atoms with Crippen LogP contribution >= 0.6 is 12.6 Å². The van der Waals surface area contributed by atoms with E-state index in [0.29, 0.717) is 6.42 Å². The van der Waals surface area contributed by atoms with Gasteiger partial charge in [-0.1, -0.05) is 13.8 Å². The molecule has 3 amide bonds. The second kappa shape index (κ2) is 14.5. The van der Waals surface area contributed by atoms with Crippen molar-refractivity contribution in [3.05, 3.63) is 0 Å². The van der Waals surface area contributed by atoms with Gasteiger partial charge in [0.1, 0.15) is 18.1 Å². The first-order chi connectivity index (χ1) is 14.4. The molecule has 0 spiro atoms. The Labute approximate surface area is 187 Å². The highest BCUT2D eigenvalue weighted by Gasteiger charge is 2.29. The Morgan fingerprint density at radius 3 is 1.90 bits per heavy atom. The molecule has 0 aliphatic rings. The Morgan fingerprint density at radius 2 is 1.45 bits per heavy atom. The number of carbonyl (C=O) groups is 4. The molecule has 0 aromatic rings. The highest BCUT2D eigenvalue weighted by Crippen LogP contribution is 2.07. The molecule has 0 saturated heterocycles. The van der Waals surface area contributed by atoms with Crippen LogP contribution in [0.25, 0.3) is 0 Å². The molecule has 0 fully saturated rings. The quantitative estimate of drug-likeness (QED) is 0.0619. The number of guanidine groups is 1. The van der Waals surface area contributed by atoms with Crippen LogP contribution in [0.1, 0.15) is 40.0 Å². The summed E-state index contributed by atoms with van der Waals surface area (Å²) in [5, 5.41) is 16.8. The molecule has 0 heterocycles. The van der Waals surface area contributed by atoms with Gasteiger partial charge in [-0.3, -0.25) is 19.4 Å². The van der Waals surface area contributed by atoms with E-state index in [-0.39, 0.29) is 37.0 Å². The second-order valence-electron chi connectivity index (χ2n) is 7.57. The molecule has 0 bridgehead atoms. The number of nitrogens with zero attached hydrogens (tertiary/aromatic N) is 1. The average Bonchev–Trinajstić information content (AvgIpc) is 2.66. The van der Waals surface area contributed by atoms with E-state index in [0.717, 1.165) is 0 Å². The van der Waals surface area contributed by atoms with Crippen molar-refractivity contribution in [1.82, 2.24) is 16.0 Å². The van der Waals surface area contributed by atoms with Crippen LogP contribution in [0.15, 0.2) is 4.99 Å². The standard InChI is InChI=1S/C18H35N7O5S/c1-9(2)7-12(17(29)30)24-15(27)11(5-4-6-22-18(20)21)23-16(28)13(8-31)25-14(26)10(3)19/h9-13,31H,4-8,19H2,1-3H3,(H,23,28)(H,24,27)(H,25,26)(H,29,30)(H4,20,21,22). The number of nitrogens with two attached hydrogens (primary N) is 3. The van der Waals surface area contributed by atoms with E-state index in [1.807, 2.05) is 13.8 Å². The van der Waals surface area contributed by atoms with Crippen molar-refractivity contribution in [1.29, 1.82) is 0 Å². The van der Waals surface area contributed by atoms with Gasteiger partial charge >= 0.3 is 5.97 Å². The predicted molar refractivity (Wildman–Crippen MR) is 120 cm³/mol. The minimum absolute atomic E-state index is 0.0262. The molecule has 0 aromatic carbocycles. The Kier molecular flexibility index (Phi) is 13.3. The maximum atomic E-state index is 12.7. The van der Waals surface area contributed by atoms with Crippen molar-refractivity contribution in [2.75, 3.05) is 12.3 Å². The zero-order valence-corrected chi connectivity index (χ0v) is 19.0. The molecule has 4 unspecified atom stereocenters. The van der Waals surface area contributed by atoms with E-state index in [2.05, 4.69) is 33.6 Å². The molecule has 12 nitrogen and oxygen atoms in total. The molecule has 0 rings (SSSR count). The van der Waals surface area contributed by atoms with Crippen LogP contribution in [-0.4, -0.2) is 71.2 Å². The number of carbonyl (C=O) groups excluding carboxylic acids is 3. The average molecular weight is 462 g/mol.